The third-order valence-corrected chi connectivity index (χ3v) is 4.19. The molecule has 0 aromatic rings. The molecular formula is C16H28N2O6. The molecule has 0 heterocycles. The second-order valence-corrected chi connectivity index (χ2v) is 7.60. The van der Waals surface area contributed by atoms with Gasteiger partial charge in [0.1, 0.15) is 12.1 Å². The fourth-order valence-electron chi connectivity index (χ4n) is 3.60. The van der Waals surface area contributed by atoms with Gasteiger partial charge in [-0.3, -0.25) is 4.79 Å². The van der Waals surface area contributed by atoms with Crippen molar-refractivity contribution in [3.8, 4) is 0 Å². The van der Waals surface area contributed by atoms with Crippen molar-refractivity contribution < 1.29 is 28.6 Å². The van der Waals surface area contributed by atoms with Crippen molar-refractivity contribution in [1.82, 2.24) is 0 Å². The molecule has 0 bridgehead atoms. The van der Waals surface area contributed by atoms with Crippen molar-refractivity contribution in [1.29, 1.82) is 0 Å². The van der Waals surface area contributed by atoms with Gasteiger partial charge in [-0.15, -0.1) is 0 Å². The Balaban J connectivity index is 2.45. The van der Waals surface area contributed by atoms with Gasteiger partial charge in [-0.1, -0.05) is 27.7 Å². The Kier molecular flexibility index (Phi) is 6.49. The first-order valence-electron chi connectivity index (χ1n) is 7.86. The van der Waals surface area contributed by atoms with Crippen LogP contribution in [0.4, 0.5) is 0 Å². The average Bonchev–Trinajstić information content (AvgIpc) is 2.44. The molecule has 0 spiro atoms. The molecule has 0 aromatic heterocycles. The SMILES string of the molecule is COC(=O)C[C@H](N)C(=O)OC(=O)[C@@H](N)COC1C(C)(C)CC1(C)C. The molecule has 1 saturated carbocycles. The number of hydrogen-bond acceptors (Lipinski definition) is 8. The van der Waals surface area contributed by atoms with Gasteiger partial charge in [-0.2, -0.15) is 0 Å². The predicted octanol–water partition coefficient (Wildman–Crippen LogP) is 0.115. The Bertz CT molecular complexity index is 489. The number of rotatable bonds is 7. The van der Waals surface area contributed by atoms with Crippen LogP contribution in [0.5, 0.6) is 0 Å². The van der Waals surface area contributed by atoms with E-state index in [-0.39, 0.29) is 30.0 Å². The van der Waals surface area contributed by atoms with Crippen molar-refractivity contribution in [2.75, 3.05) is 13.7 Å². The van der Waals surface area contributed by atoms with Crippen LogP contribution >= 0.6 is 0 Å². The number of methoxy groups -OCH3 is 1. The van der Waals surface area contributed by atoms with Crippen LogP contribution in [-0.2, 0) is 28.6 Å². The lowest BCUT2D eigenvalue weighted by Crippen LogP contribution is -2.57. The summed E-state index contributed by atoms with van der Waals surface area (Å²) in [5, 5.41) is 0. The van der Waals surface area contributed by atoms with E-state index < -0.39 is 30.0 Å². The number of carbonyl (C=O) groups is 3. The first-order chi connectivity index (χ1) is 10.9. The van der Waals surface area contributed by atoms with E-state index in [1.807, 2.05) is 0 Å². The molecule has 0 radical (unpaired) electrons. The zero-order valence-corrected chi connectivity index (χ0v) is 15.0. The number of ether oxygens (including phenoxy) is 3. The minimum absolute atomic E-state index is 0.00577. The first-order valence-corrected chi connectivity index (χ1v) is 7.86. The number of esters is 3. The zero-order chi connectivity index (χ0) is 18.7. The van der Waals surface area contributed by atoms with Gasteiger partial charge in [0, 0.05) is 0 Å². The van der Waals surface area contributed by atoms with E-state index in [1.54, 1.807) is 0 Å². The maximum Gasteiger partial charge on any atom is 0.333 e. The van der Waals surface area contributed by atoms with Crippen molar-refractivity contribution in [3.05, 3.63) is 0 Å². The van der Waals surface area contributed by atoms with E-state index in [0.29, 0.717) is 0 Å². The van der Waals surface area contributed by atoms with Gasteiger partial charge >= 0.3 is 17.9 Å². The summed E-state index contributed by atoms with van der Waals surface area (Å²) in [5.41, 5.74) is 11.2. The fourth-order valence-corrected chi connectivity index (χ4v) is 3.60. The quantitative estimate of drug-likeness (QED) is 0.491. The molecule has 1 rings (SSSR count). The van der Waals surface area contributed by atoms with Crippen LogP contribution in [0, 0.1) is 10.8 Å². The highest BCUT2D eigenvalue weighted by molar-refractivity contribution is 5.92. The summed E-state index contributed by atoms with van der Waals surface area (Å²) in [6, 6.07) is -2.38. The van der Waals surface area contributed by atoms with Crippen LogP contribution in [0.25, 0.3) is 0 Å². The maximum atomic E-state index is 11.8. The van der Waals surface area contributed by atoms with Gasteiger partial charge in [0.05, 0.1) is 26.2 Å². The molecule has 1 aliphatic carbocycles. The van der Waals surface area contributed by atoms with Gasteiger partial charge in [0.2, 0.25) is 0 Å². The molecule has 8 heteroatoms. The van der Waals surface area contributed by atoms with E-state index in [1.165, 1.54) is 7.11 Å². The minimum atomic E-state index is -1.28. The van der Waals surface area contributed by atoms with Gasteiger partial charge < -0.3 is 25.7 Å². The Morgan fingerprint density at radius 1 is 1.04 bits per heavy atom. The summed E-state index contributed by atoms with van der Waals surface area (Å²) in [6.45, 7) is 8.28. The molecule has 24 heavy (non-hydrogen) atoms. The standard InChI is InChI=1S/C16H28N2O6/c1-15(2)8-16(3,4)14(15)23-7-10(18)13(21)24-12(20)9(17)6-11(19)22-5/h9-10,14H,6-8,17-18H2,1-5H3/t9-,10-/m0/s1. The molecule has 1 fully saturated rings. The Morgan fingerprint density at radius 3 is 2.00 bits per heavy atom. The van der Waals surface area contributed by atoms with Gasteiger partial charge in [-0.05, 0) is 17.3 Å². The molecule has 4 N–H and O–H groups in total. The van der Waals surface area contributed by atoms with E-state index in [0.717, 1.165) is 6.42 Å². The first kappa shape index (κ1) is 20.5. The van der Waals surface area contributed by atoms with Crippen molar-refractivity contribution >= 4 is 17.9 Å². The van der Waals surface area contributed by atoms with Crippen LogP contribution in [0.3, 0.4) is 0 Å². The lowest BCUT2D eigenvalue weighted by atomic mass is 9.53. The fraction of sp³-hybridized carbons (Fsp3) is 0.812. The van der Waals surface area contributed by atoms with Crippen LogP contribution in [0.15, 0.2) is 0 Å². The number of hydrogen-bond donors (Lipinski definition) is 2. The normalized spacial score (nSPS) is 21.3. The summed E-state index contributed by atoms with van der Waals surface area (Å²) < 4.78 is 14.8. The minimum Gasteiger partial charge on any atom is -0.469 e. The molecule has 0 amide bonds. The molecule has 0 unspecified atom stereocenters. The van der Waals surface area contributed by atoms with E-state index in [2.05, 4.69) is 37.2 Å². The summed E-state index contributed by atoms with van der Waals surface area (Å²) in [4.78, 5) is 34.5. The Labute approximate surface area is 142 Å². The Hall–Kier alpha value is -1.51. The number of carbonyl (C=O) groups excluding carboxylic acids is 3. The highest BCUT2D eigenvalue weighted by Gasteiger charge is 2.54. The molecule has 0 aliphatic heterocycles. The third-order valence-electron chi connectivity index (χ3n) is 4.19. The van der Waals surface area contributed by atoms with Crippen molar-refractivity contribution in [2.24, 2.45) is 22.3 Å². The van der Waals surface area contributed by atoms with Crippen molar-refractivity contribution in [2.45, 2.75) is 58.7 Å². The molecule has 8 nitrogen and oxygen atoms in total. The lowest BCUT2D eigenvalue weighted by molar-refractivity contribution is -0.190. The second kappa shape index (κ2) is 7.58. The highest BCUT2D eigenvalue weighted by atomic mass is 16.6. The summed E-state index contributed by atoms with van der Waals surface area (Å²) in [7, 11) is 1.17. The van der Waals surface area contributed by atoms with Gasteiger partial charge in [0.25, 0.3) is 0 Å². The lowest BCUT2D eigenvalue weighted by Gasteiger charge is -2.57. The molecular weight excluding hydrogens is 316 g/mol. The van der Waals surface area contributed by atoms with E-state index in [4.69, 9.17) is 16.2 Å². The van der Waals surface area contributed by atoms with Crippen LogP contribution < -0.4 is 11.5 Å². The topological polar surface area (TPSA) is 131 Å². The average molecular weight is 344 g/mol. The summed E-state index contributed by atoms with van der Waals surface area (Å²) in [6.07, 6.45) is 0.588. The zero-order valence-electron chi connectivity index (χ0n) is 15.0. The molecule has 2 atom stereocenters. The molecule has 1 aliphatic rings. The maximum absolute atomic E-state index is 11.8. The summed E-state index contributed by atoms with van der Waals surface area (Å²) >= 11 is 0. The molecule has 0 saturated heterocycles. The highest BCUT2D eigenvalue weighted by Crippen LogP contribution is 2.55. The van der Waals surface area contributed by atoms with Gasteiger partial charge in [-0.25, -0.2) is 9.59 Å². The number of nitrogens with two attached hydrogens (primary N) is 2. The van der Waals surface area contributed by atoms with E-state index in [9.17, 15) is 14.4 Å². The van der Waals surface area contributed by atoms with Crippen molar-refractivity contribution in [3.63, 3.8) is 0 Å². The van der Waals surface area contributed by atoms with Crippen LogP contribution in [0.2, 0.25) is 0 Å². The predicted molar refractivity (Wildman–Crippen MR) is 85.6 cm³/mol. The smallest absolute Gasteiger partial charge is 0.333 e. The van der Waals surface area contributed by atoms with Crippen LogP contribution in [-0.4, -0.2) is 49.8 Å². The second-order valence-electron chi connectivity index (χ2n) is 7.60. The third kappa shape index (κ3) is 4.99. The van der Waals surface area contributed by atoms with E-state index >= 15 is 0 Å². The molecule has 0 aromatic carbocycles. The largest absolute Gasteiger partial charge is 0.469 e. The Morgan fingerprint density at radius 2 is 1.54 bits per heavy atom. The summed E-state index contributed by atoms with van der Waals surface area (Å²) in [5.74, 6) is -2.63. The molecule has 138 valence electrons. The van der Waals surface area contributed by atoms with Crippen LogP contribution in [0.1, 0.15) is 40.5 Å². The monoisotopic (exact) mass is 344 g/mol. The van der Waals surface area contributed by atoms with Gasteiger partial charge in [0.15, 0.2) is 0 Å².